The maximum Gasteiger partial charge on any atom is 0.407 e. The third-order valence-corrected chi connectivity index (χ3v) is 7.78. The summed E-state index contributed by atoms with van der Waals surface area (Å²) < 4.78 is 27.8. The van der Waals surface area contributed by atoms with Gasteiger partial charge >= 0.3 is 6.09 Å². The molecule has 8 nitrogen and oxygen atoms in total. The molecule has 1 heterocycles. The molecule has 1 aliphatic heterocycles. The summed E-state index contributed by atoms with van der Waals surface area (Å²) in [6, 6.07) is 8.15. The van der Waals surface area contributed by atoms with E-state index in [1.165, 1.54) is 13.0 Å². The molecule has 2 N–H and O–H groups in total. The molecular weight excluding hydrogens is 520 g/mol. The number of piperidine rings is 1. The Morgan fingerprint density at radius 1 is 1.11 bits per heavy atom. The number of aliphatic hydroxyl groups is 1. The van der Waals surface area contributed by atoms with E-state index in [9.17, 15) is 33.4 Å². The Balaban J connectivity index is 1.67. The van der Waals surface area contributed by atoms with Gasteiger partial charge in [0.2, 0.25) is 11.8 Å². The first-order valence-corrected chi connectivity index (χ1v) is 12.7. The van der Waals surface area contributed by atoms with Gasteiger partial charge in [-0.05, 0) is 54.2 Å². The first kappa shape index (κ1) is 27.8. The van der Waals surface area contributed by atoms with E-state index in [1.807, 2.05) is 6.07 Å². The number of hydrogen-bond acceptors (Lipinski definition) is 4. The minimum atomic E-state index is -1.90. The summed E-state index contributed by atoms with van der Waals surface area (Å²) in [6.07, 6.45) is 0.0651. The molecule has 0 bridgehead atoms. The predicted octanol–water partition coefficient (Wildman–Crippen LogP) is 3.98. The third kappa shape index (κ3) is 5.76. The fourth-order valence-electron chi connectivity index (χ4n) is 4.90. The van der Waals surface area contributed by atoms with Gasteiger partial charge in [0.05, 0.1) is 5.92 Å². The second kappa shape index (κ2) is 10.9. The summed E-state index contributed by atoms with van der Waals surface area (Å²) in [4.78, 5) is 41.6. The van der Waals surface area contributed by atoms with Gasteiger partial charge in [0.1, 0.15) is 5.60 Å². The summed E-state index contributed by atoms with van der Waals surface area (Å²) in [5, 5.41) is 21.8. The van der Waals surface area contributed by atoms with E-state index >= 15 is 0 Å². The zero-order valence-corrected chi connectivity index (χ0v) is 21.9. The van der Waals surface area contributed by atoms with Crippen molar-refractivity contribution in [1.29, 1.82) is 0 Å². The lowest BCUT2D eigenvalue weighted by Gasteiger charge is -2.45. The fourth-order valence-corrected chi connectivity index (χ4v) is 5.08. The van der Waals surface area contributed by atoms with Crippen molar-refractivity contribution in [1.82, 2.24) is 14.7 Å². The van der Waals surface area contributed by atoms with Crippen LogP contribution in [0.2, 0.25) is 5.02 Å². The molecule has 2 aromatic carbocycles. The first-order valence-electron chi connectivity index (χ1n) is 12.4. The highest BCUT2D eigenvalue weighted by atomic mass is 35.5. The molecule has 2 aromatic rings. The molecule has 1 saturated carbocycles. The Hall–Kier alpha value is -3.24. The molecule has 0 radical (unpaired) electrons. The average molecular weight is 550 g/mol. The molecule has 4 rings (SSSR count). The Morgan fingerprint density at radius 3 is 2.42 bits per heavy atom. The van der Waals surface area contributed by atoms with Crippen LogP contribution in [0.4, 0.5) is 13.6 Å². The van der Waals surface area contributed by atoms with Crippen LogP contribution in [0.25, 0.3) is 0 Å². The number of nitrogens with zero attached hydrogens (tertiary/aromatic N) is 3. The van der Waals surface area contributed by atoms with Crippen molar-refractivity contribution >= 4 is 29.5 Å². The van der Waals surface area contributed by atoms with E-state index in [-0.39, 0.29) is 43.6 Å². The maximum absolute atomic E-state index is 14.1. The monoisotopic (exact) mass is 549 g/mol. The first-order chi connectivity index (χ1) is 17.9. The van der Waals surface area contributed by atoms with Crippen LogP contribution in [-0.4, -0.2) is 69.0 Å². The van der Waals surface area contributed by atoms with Crippen molar-refractivity contribution in [3.8, 4) is 0 Å². The normalized spacial score (nSPS) is 21.2. The van der Waals surface area contributed by atoms with Crippen LogP contribution in [0.3, 0.4) is 0 Å². The number of hydrogen-bond donors (Lipinski definition) is 2. The lowest BCUT2D eigenvalue weighted by molar-refractivity contribution is -0.154. The summed E-state index contributed by atoms with van der Waals surface area (Å²) in [5.41, 5.74) is -0.426. The molecule has 1 aliphatic carbocycles. The van der Waals surface area contributed by atoms with Gasteiger partial charge in [-0.1, -0.05) is 29.8 Å². The minimum absolute atomic E-state index is 0.0165. The molecular formula is C27H30ClF2N3O5. The van der Waals surface area contributed by atoms with Gasteiger partial charge in [-0.2, -0.15) is 0 Å². The van der Waals surface area contributed by atoms with Gasteiger partial charge in [-0.3, -0.25) is 9.59 Å². The molecule has 2 fully saturated rings. The number of carbonyl (C=O) groups is 3. The number of rotatable bonds is 7. The predicted molar refractivity (Wildman–Crippen MR) is 135 cm³/mol. The van der Waals surface area contributed by atoms with Gasteiger partial charge in [-0.15, -0.1) is 0 Å². The van der Waals surface area contributed by atoms with Crippen LogP contribution in [0.15, 0.2) is 36.4 Å². The summed E-state index contributed by atoms with van der Waals surface area (Å²) in [6.45, 7) is 1.54. The van der Waals surface area contributed by atoms with Gasteiger partial charge < -0.3 is 24.9 Å². The lowest BCUT2D eigenvalue weighted by Crippen LogP contribution is -2.57. The topological polar surface area (TPSA) is 101 Å². The van der Waals surface area contributed by atoms with Crippen LogP contribution >= 0.6 is 11.6 Å². The van der Waals surface area contributed by atoms with Gasteiger partial charge in [0.15, 0.2) is 11.6 Å². The van der Waals surface area contributed by atoms with E-state index < -0.39 is 35.2 Å². The molecule has 204 valence electrons. The fraction of sp³-hybridized carbons (Fsp3) is 0.444. The van der Waals surface area contributed by atoms with Crippen molar-refractivity contribution in [2.45, 2.75) is 50.9 Å². The van der Waals surface area contributed by atoms with E-state index in [0.717, 1.165) is 35.4 Å². The van der Waals surface area contributed by atoms with Crippen molar-refractivity contribution in [2.24, 2.45) is 5.92 Å². The van der Waals surface area contributed by atoms with E-state index in [0.29, 0.717) is 17.1 Å². The standard InChI is InChI=1S/C27H30ClF2N3O5/c1-16(34)31(2)13-17-3-7-22(28)18(11-17)14-33(20-5-6-20)25(35)21-15-32(26(36)37)10-9-27(21,38)19-4-8-23(29)24(30)12-19/h3-4,7-8,11-12,20-21,38H,5-6,9-10,13-15H2,1-2H3,(H,36,37)/t21-,27+/m1/s1. The number of carbonyl (C=O) groups excluding carboxylic acids is 2. The van der Waals surface area contributed by atoms with Crippen LogP contribution in [0.5, 0.6) is 0 Å². The van der Waals surface area contributed by atoms with Gasteiger partial charge in [0, 0.05) is 51.2 Å². The zero-order chi connectivity index (χ0) is 27.8. The Kier molecular flexibility index (Phi) is 7.94. The van der Waals surface area contributed by atoms with Crippen molar-refractivity contribution in [3.63, 3.8) is 0 Å². The minimum Gasteiger partial charge on any atom is -0.465 e. The molecule has 3 amide bonds. The van der Waals surface area contributed by atoms with E-state index in [2.05, 4.69) is 0 Å². The smallest absolute Gasteiger partial charge is 0.407 e. The second-order valence-corrected chi connectivity index (χ2v) is 10.5. The largest absolute Gasteiger partial charge is 0.465 e. The van der Waals surface area contributed by atoms with Gasteiger partial charge in [-0.25, -0.2) is 13.6 Å². The van der Waals surface area contributed by atoms with Crippen LogP contribution in [0, 0.1) is 17.6 Å². The molecule has 11 heteroatoms. The van der Waals surface area contributed by atoms with Crippen LogP contribution < -0.4 is 0 Å². The molecule has 2 aliphatic rings. The Bertz CT molecular complexity index is 1260. The molecule has 0 unspecified atom stereocenters. The van der Waals surface area contributed by atoms with Crippen LogP contribution in [-0.2, 0) is 28.3 Å². The number of carboxylic acid groups (broad SMARTS) is 1. The molecule has 0 spiro atoms. The number of likely N-dealkylation sites (tertiary alicyclic amines) is 1. The van der Waals surface area contributed by atoms with Crippen LogP contribution in [0.1, 0.15) is 42.9 Å². The van der Waals surface area contributed by atoms with Crippen molar-refractivity contribution in [3.05, 3.63) is 69.7 Å². The van der Waals surface area contributed by atoms with Crippen molar-refractivity contribution in [2.75, 3.05) is 20.1 Å². The summed E-state index contributed by atoms with van der Waals surface area (Å²) >= 11 is 6.47. The van der Waals surface area contributed by atoms with Crippen molar-refractivity contribution < 1.29 is 33.4 Å². The quantitative estimate of drug-likeness (QED) is 0.544. The number of halogens is 3. The average Bonchev–Trinajstić information content (AvgIpc) is 3.70. The molecule has 1 saturated heterocycles. The van der Waals surface area contributed by atoms with E-state index in [4.69, 9.17) is 11.6 Å². The van der Waals surface area contributed by atoms with Gasteiger partial charge in [0.25, 0.3) is 0 Å². The second-order valence-electron chi connectivity index (χ2n) is 10.1. The highest BCUT2D eigenvalue weighted by Crippen LogP contribution is 2.41. The Morgan fingerprint density at radius 2 is 1.82 bits per heavy atom. The highest BCUT2D eigenvalue weighted by Gasteiger charge is 2.51. The summed E-state index contributed by atoms with van der Waals surface area (Å²) in [5.74, 6) is -4.10. The lowest BCUT2D eigenvalue weighted by atomic mass is 9.75. The highest BCUT2D eigenvalue weighted by molar-refractivity contribution is 6.31. The SMILES string of the molecule is CC(=O)N(C)Cc1ccc(Cl)c(CN(C(=O)[C@H]2CN(C(=O)O)CC[C@]2(O)c2ccc(F)c(F)c2)C2CC2)c1. The summed E-state index contributed by atoms with van der Waals surface area (Å²) in [7, 11) is 1.67. The zero-order valence-electron chi connectivity index (χ0n) is 21.2. The molecule has 0 aromatic heterocycles. The third-order valence-electron chi connectivity index (χ3n) is 7.41. The molecule has 38 heavy (non-hydrogen) atoms. The van der Waals surface area contributed by atoms with E-state index in [1.54, 1.807) is 29.0 Å². The molecule has 2 atom stereocenters. The Labute approximate surface area is 224 Å². The number of amides is 3. The maximum atomic E-state index is 14.1. The number of benzene rings is 2.